The number of methoxy groups -OCH3 is 1. The van der Waals surface area contributed by atoms with Gasteiger partial charge in [0.25, 0.3) is 5.91 Å². The Hall–Kier alpha value is -1.75. The van der Waals surface area contributed by atoms with Crippen LogP contribution in [0.2, 0.25) is 0 Å². The molecule has 5 nitrogen and oxygen atoms in total. The zero-order valence-electron chi connectivity index (χ0n) is 10.4. The third-order valence-electron chi connectivity index (χ3n) is 3.02. The van der Waals surface area contributed by atoms with Crippen molar-refractivity contribution in [1.29, 1.82) is 0 Å². The van der Waals surface area contributed by atoms with Gasteiger partial charge in [0.1, 0.15) is 5.75 Å². The molecular weight excluding hydrogens is 232 g/mol. The number of nitrogen functional groups attached to an aromatic ring is 1. The molecule has 1 saturated heterocycles. The number of amides is 1. The quantitative estimate of drug-likeness (QED) is 0.790. The molecule has 0 aromatic heterocycles. The Labute approximate surface area is 106 Å². The summed E-state index contributed by atoms with van der Waals surface area (Å²) >= 11 is 0. The molecule has 18 heavy (non-hydrogen) atoms. The van der Waals surface area contributed by atoms with Gasteiger partial charge in [0.2, 0.25) is 0 Å². The van der Waals surface area contributed by atoms with Crippen LogP contribution in [-0.4, -0.2) is 32.3 Å². The number of benzene rings is 1. The highest BCUT2D eigenvalue weighted by atomic mass is 16.5. The Bertz CT molecular complexity index is 428. The van der Waals surface area contributed by atoms with Gasteiger partial charge in [0.15, 0.2) is 0 Å². The molecule has 0 radical (unpaired) electrons. The van der Waals surface area contributed by atoms with Crippen LogP contribution in [0.5, 0.6) is 5.75 Å². The van der Waals surface area contributed by atoms with Crippen LogP contribution >= 0.6 is 0 Å². The molecule has 0 spiro atoms. The van der Waals surface area contributed by atoms with E-state index in [2.05, 4.69) is 5.32 Å². The summed E-state index contributed by atoms with van der Waals surface area (Å²) in [6, 6.07) is 5.21. The predicted molar refractivity (Wildman–Crippen MR) is 68.7 cm³/mol. The van der Waals surface area contributed by atoms with Gasteiger partial charge in [-0.05, 0) is 31.0 Å². The van der Waals surface area contributed by atoms with Crippen LogP contribution in [0.3, 0.4) is 0 Å². The summed E-state index contributed by atoms with van der Waals surface area (Å²) in [4.78, 5) is 12.2. The monoisotopic (exact) mass is 250 g/mol. The van der Waals surface area contributed by atoms with Crippen molar-refractivity contribution in [1.82, 2.24) is 5.32 Å². The van der Waals surface area contributed by atoms with E-state index in [0.717, 1.165) is 12.8 Å². The zero-order chi connectivity index (χ0) is 13.0. The normalized spacial score (nSPS) is 16.3. The van der Waals surface area contributed by atoms with E-state index in [9.17, 15) is 4.79 Å². The van der Waals surface area contributed by atoms with Gasteiger partial charge in [-0.1, -0.05) is 0 Å². The second-order valence-corrected chi connectivity index (χ2v) is 4.32. The number of nitrogens with one attached hydrogen (secondary N) is 1. The van der Waals surface area contributed by atoms with Gasteiger partial charge >= 0.3 is 0 Å². The van der Waals surface area contributed by atoms with Gasteiger partial charge in [-0.15, -0.1) is 0 Å². The van der Waals surface area contributed by atoms with Crippen molar-refractivity contribution in [2.24, 2.45) is 0 Å². The van der Waals surface area contributed by atoms with E-state index in [1.807, 2.05) is 0 Å². The summed E-state index contributed by atoms with van der Waals surface area (Å²) in [7, 11) is 1.54. The average molecular weight is 250 g/mol. The molecule has 98 valence electrons. The molecule has 5 heteroatoms. The number of rotatable bonds is 3. The number of anilines is 1. The number of carbonyl (C=O) groups excluding carboxylic acids is 1. The fourth-order valence-corrected chi connectivity index (χ4v) is 2.01. The molecule has 0 aliphatic carbocycles. The predicted octanol–water partition coefficient (Wildman–Crippen LogP) is 1.19. The Morgan fingerprint density at radius 3 is 2.83 bits per heavy atom. The lowest BCUT2D eigenvalue weighted by atomic mass is 10.1. The van der Waals surface area contributed by atoms with Crippen molar-refractivity contribution >= 4 is 11.6 Å². The molecule has 1 aromatic rings. The third-order valence-corrected chi connectivity index (χ3v) is 3.02. The van der Waals surface area contributed by atoms with Gasteiger partial charge < -0.3 is 20.5 Å². The Balaban J connectivity index is 2.09. The fraction of sp³-hybridized carbons (Fsp3) is 0.462. The minimum atomic E-state index is -0.147. The molecule has 1 aliphatic rings. The third kappa shape index (κ3) is 2.92. The van der Waals surface area contributed by atoms with Crippen molar-refractivity contribution in [3.8, 4) is 5.75 Å². The lowest BCUT2D eigenvalue weighted by molar-refractivity contribution is 0.0695. The molecule has 0 bridgehead atoms. The molecule has 3 N–H and O–H groups in total. The topological polar surface area (TPSA) is 73.6 Å². The molecule has 0 saturated carbocycles. The average Bonchev–Trinajstić information content (AvgIpc) is 2.40. The van der Waals surface area contributed by atoms with Crippen molar-refractivity contribution < 1.29 is 14.3 Å². The lowest BCUT2D eigenvalue weighted by Gasteiger charge is -2.23. The molecule has 1 aromatic carbocycles. The lowest BCUT2D eigenvalue weighted by Crippen LogP contribution is -2.39. The van der Waals surface area contributed by atoms with Gasteiger partial charge in [-0.3, -0.25) is 4.79 Å². The molecule has 2 rings (SSSR count). The number of carbonyl (C=O) groups is 1. The molecule has 1 heterocycles. The van der Waals surface area contributed by atoms with E-state index in [4.69, 9.17) is 15.2 Å². The van der Waals surface area contributed by atoms with Crippen LogP contribution in [0.1, 0.15) is 23.2 Å². The van der Waals surface area contributed by atoms with E-state index >= 15 is 0 Å². The zero-order valence-corrected chi connectivity index (χ0v) is 10.4. The molecule has 1 aliphatic heterocycles. The number of hydrogen-bond donors (Lipinski definition) is 2. The first-order valence-electron chi connectivity index (χ1n) is 6.03. The van der Waals surface area contributed by atoms with Gasteiger partial charge in [-0.25, -0.2) is 0 Å². The second-order valence-electron chi connectivity index (χ2n) is 4.32. The smallest absolute Gasteiger partial charge is 0.255 e. The van der Waals surface area contributed by atoms with E-state index in [1.54, 1.807) is 18.2 Å². The first kappa shape index (κ1) is 12.7. The summed E-state index contributed by atoms with van der Waals surface area (Å²) < 4.78 is 10.4. The van der Waals surface area contributed by atoms with E-state index in [-0.39, 0.29) is 11.9 Å². The summed E-state index contributed by atoms with van der Waals surface area (Å²) in [5.74, 6) is 0.389. The standard InChI is InChI=1S/C13H18N2O3/c1-17-12-3-2-9(14)8-11(12)13(16)15-10-4-6-18-7-5-10/h2-3,8,10H,4-7,14H2,1H3,(H,15,16). The van der Waals surface area contributed by atoms with Crippen LogP contribution in [-0.2, 0) is 4.74 Å². The van der Waals surface area contributed by atoms with Crippen molar-refractivity contribution in [2.45, 2.75) is 18.9 Å². The first-order valence-corrected chi connectivity index (χ1v) is 6.03. The van der Waals surface area contributed by atoms with Crippen molar-refractivity contribution in [3.05, 3.63) is 23.8 Å². The maximum Gasteiger partial charge on any atom is 0.255 e. The largest absolute Gasteiger partial charge is 0.496 e. The minimum absolute atomic E-state index is 0.147. The molecular formula is C13H18N2O3. The van der Waals surface area contributed by atoms with Crippen LogP contribution in [0.4, 0.5) is 5.69 Å². The van der Waals surface area contributed by atoms with E-state index < -0.39 is 0 Å². The SMILES string of the molecule is COc1ccc(N)cc1C(=O)NC1CCOCC1. The fourth-order valence-electron chi connectivity index (χ4n) is 2.01. The van der Waals surface area contributed by atoms with Crippen molar-refractivity contribution in [3.63, 3.8) is 0 Å². The number of ether oxygens (including phenoxy) is 2. The molecule has 0 atom stereocenters. The summed E-state index contributed by atoms with van der Waals surface area (Å²) in [5.41, 5.74) is 6.72. The highest BCUT2D eigenvalue weighted by molar-refractivity contribution is 5.98. The van der Waals surface area contributed by atoms with Gasteiger partial charge in [0.05, 0.1) is 12.7 Å². The van der Waals surface area contributed by atoms with Crippen LogP contribution in [0, 0.1) is 0 Å². The Kier molecular flexibility index (Phi) is 4.04. The summed E-state index contributed by atoms with van der Waals surface area (Å²) in [6.07, 6.45) is 1.69. The highest BCUT2D eigenvalue weighted by Crippen LogP contribution is 2.21. The minimum Gasteiger partial charge on any atom is -0.496 e. The second kappa shape index (κ2) is 5.73. The molecule has 0 unspecified atom stereocenters. The van der Waals surface area contributed by atoms with E-state index in [0.29, 0.717) is 30.2 Å². The van der Waals surface area contributed by atoms with Crippen LogP contribution in [0.25, 0.3) is 0 Å². The van der Waals surface area contributed by atoms with Gasteiger partial charge in [-0.2, -0.15) is 0 Å². The maximum atomic E-state index is 12.2. The molecule has 1 amide bonds. The summed E-state index contributed by atoms with van der Waals surface area (Å²) in [5, 5.41) is 2.98. The number of hydrogen-bond acceptors (Lipinski definition) is 4. The Morgan fingerprint density at radius 1 is 1.44 bits per heavy atom. The first-order chi connectivity index (χ1) is 8.70. The Morgan fingerprint density at radius 2 is 2.17 bits per heavy atom. The maximum absolute atomic E-state index is 12.2. The molecule has 1 fully saturated rings. The number of nitrogens with two attached hydrogens (primary N) is 1. The van der Waals surface area contributed by atoms with E-state index in [1.165, 1.54) is 7.11 Å². The van der Waals surface area contributed by atoms with Crippen LogP contribution in [0.15, 0.2) is 18.2 Å². The highest BCUT2D eigenvalue weighted by Gasteiger charge is 2.19. The van der Waals surface area contributed by atoms with Crippen molar-refractivity contribution in [2.75, 3.05) is 26.1 Å². The summed E-state index contributed by atoms with van der Waals surface area (Å²) in [6.45, 7) is 1.39. The van der Waals surface area contributed by atoms with Gasteiger partial charge in [0, 0.05) is 24.9 Å². The van der Waals surface area contributed by atoms with Crippen LogP contribution < -0.4 is 15.8 Å².